The van der Waals surface area contributed by atoms with Gasteiger partial charge in [0.2, 0.25) is 10.0 Å². The molecule has 2 aromatic rings. The van der Waals surface area contributed by atoms with E-state index < -0.39 is 10.0 Å². The summed E-state index contributed by atoms with van der Waals surface area (Å²) in [5.41, 5.74) is 1.55. The van der Waals surface area contributed by atoms with Crippen LogP contribution in [-0.2, 0) is 10.0 Å². The van der Waals surface area contributed by atoms with E-state index >= 15 is 0 Å². The molecule has 1 aromatic carbocycles. The molecule has 1 aliphatic heterocycles. The number of benzene rings is 1. The SMILES string of the molecule is Cc1cnc2c(S(=O)(=O)NCCCN3CCCCC3)cccc2c1. The molecule has 5 nitrogen and oxygen atoms in total. The zero-order valence-corrected chi connectivity index (χ0v) is 15.0. The minimum atomic E-state index is -3.53. The summed E-state index contributed by atoms with van der Waals surface area (Å²) in [6, 6.07) is 7.24. The van der Waals surface area contributed by atoms with E-state index in [9.17, 15) is 8.42 Å². The number of nitrogens with one attached hydrogen (secondary N) is 1. The van der Waals surface area contributed by atoms with Crippen molar-refractivity contribution in [2.45, 2.75) is 37.5 Å². The quantitative estimate of drug-likeness (QED) is 0.816. The van der Waals surface area contributed by atoms with E-state index in [4.69, 9.17) is 0 Å². The zero-order valence-electron chi connectivity index (χ0n) is 14.2. The van der Waals surface area contributed by atoms with Crippen LogP contribution in [-0.4, -0.2) is 44.5 Å². The van der Waals surface area contributed by atoms with Crippen LogP contribution < -0.4 is 4.72 Å². The third-order valence-corrected chi connectivity index (χ3v) is 5.98. The lowest BCUT2D eigenvalue weighted by molar-refractivity contribution is 0.227. The van der Waals surface area contributed by atoms with Crippen LogP contribution in [0, 0.1) is 6.92 Å². The molecule has 130 valence electrons. The summed E-state index contributed by atoms with van der Waals surface area (Å²) in [6.45, 7) is 5.64. The van der Waals surface area contributed by atoms with Gasteiger partial charge in [0.05, 0.1) is 5.52 Å². The largest absolute Gasteiger partial charge is 0.303 e. The Morgan fingerprint density at radius 1 is 1.21 bits per heavy atom. The van der Waals surface area contributed by atoms with Crippen LogP contribution >= 0.6 is 0 Å². The number of rotatable bonds is 6. The fraction of sp³-hybridized carbons (Fsp3) is 0.500. The molecule has 0 unspecified atom stereocenters. The molecule has 1 fully saturated rings. The Bertz CT molecular complexity index is 799. The number of aryl methyl sites for hydroxylation is 1. The molecule has 0 spiro atoms. The molecule has 0 saturated carbocycles. The standard InChI is InChI=1S/C18H25N3O2S/c1-15-13-16-7-5-8-17(18(16)19-14-15)24(22,23)20-9-6-12-21-10-3-2-4-11-21/h5,7-8,13-14,20H,2-4,6,9-12H2,1H3. The Morgan fingerprint density at radius 2 is 2.00 bits per heavy atom. The van der Waals surface area contributed by atoms with Crippen molar-refractivity contribution < 1.29 is 8.42 Å². The molecule has 6 heteroatoms. The Morgan fingerprint density at radius 3 is 2.79 bits per heavy atom. The lowest BCUT2D eigenvalue weighted by atomic mass is 10.1. The van der Waals surface area contributed by atoms with E-state index in [2.05, 4.69) is 14.6 Å². The summed E-state index contributed by atoms with van der Waals surface area (Å²) in [4.78, 5) is 7.00. The third-order valence-electron chi connectivity index (χ3n) is 4.49. The van der Waals surface area contributed by atoms with E-state index in [-0.39, 0.29) is 4.90 Å². The maximum Gasteiger partial charge on any atom is 0.242 e. The number of fused-ring (bicyclic) bond motifs is 1. The van der Waals surface area contributed by atoms with E-state index in [0.717, 1.165) is 37.0 Å². The Balaban J connectivity index is 1.65. The first-order valence-corrected chi connectivity index (χ1v) is 10.1. The number of hydrogen-bond donors (Lipinski definition) is 1. The van der Waals surface area contributed by atoms with Crippen molar-refractivity contribution in [1.82, 2.24) is 14.6 Å². The van der Waals surface area contributed by atoms with Crippen LogP contribution in [0.3, 0.4) is 0 Å². The molecule has 1 N–H and O–H groups in total. The van der Waals surface area contributed by atoms with Crippen molar-refractivity contribution in [2.75, 3.05) is 26.2 Å². The molecular formula is C18H25N3O2S. The monoisotopic (exact) mass is 347 g/mol. The average Bonchev–Trinajstić information content (AvgIpc) is 2.59. The first-order valence-electron chi connectivity index (χ1n) is 8.64. The van der Waals surface area contributed by atoms with Crippen molar-refractivity contribution in [3.8, 4) is 0 Å². The van der Waals surface area contributed by atoms with Gasteiger partial charge in [-0.25, -0.2) is 13.1 Å². The van der Waals surface area contributed by atoms with Gasteiger partial charge in [0.1, 0.15) is 4.90 Å². The predicted octanol–water partition coefficient (Wildman–Crippen LogP) is 2.70. The lowest BCUT2D eigenvalue weighted by Crippen LogP contribution is -2.33. The first kappa shape index (κ1) is 17.3. The van der Waals surface area contributed by atoms with Gasteiger partial charge in [0, 0.05) is 18.1 Å². The number of para-hydroxylation sites is 1. The minimum absolute atomic E-state index is 0.262. The number of nitrogens with zero attached hydrogens (tertiary/aromatic N) is 2. The van der Waals surface area contributed by atoms with Crippen LogP contribution in [0.5, 0.6) is 0 Å². The minimum Gasteiger partial charge on any atom is -0.303 e. The second kappa shape index (κ2) is 7.59. The highest BCUT2D eigenvalue weighted by Gasteiger charge is 2.18. The molecule has 0 bridgehead atoms. The summed E-state index contributed by atoms with van der Waals surface area (Å²) >= 11 is 0. The molecule has 0 amide bonds. The molecule has 0 radical (unpaired) electrons. The summed E-state index contributed by atoms with van der Waals surface area (Å²) in [5, 5.41) is 0.853. The number of piperidine rings is 1. The molecule has 1 aliphatic rings. The zero-order chi connectivity index (χ0) is 17.0. The van der Waals surface area contributed by atoms with Gasteiger partial charge in [-0.2, -0.15) is 0 Å². The van der Waals surface area contributed by atoms with Gasteiger partial charge >= 0.3 is 0 Å². The highest BCUT2D eigenvalue weighted by atomic mass is 32.2. The molecule has 0 atom stereocenters. The molecule has 2 heterocycles. The second-order valence-electron chi connectivity index (χ2n) is 6.49. The number of likely N-dealkylation sites (tertiary alicyclic amines) is 1. The van der Waals surface area contributed by atoms with Gasteiger partial charge in [-0.15, -0.1) is 0 Å². The first-order chi connectivity index (χ1) is 11.6. The van der Waals surface area contributed by atoms with Crippen molar-refractivity contribution in [3.05, 3.63) is 36.0 Å². The smallest absolute Gasteiger partial charge is 0.242 e. The predicted molar refractivity (Wildman–Crippen MR) is 96.6 cm³/mol. The van der Waals surface area contributed by atoms with Crippen LogP contribution in [0.1, 0.15) is 31.2 Å². The Hall–Kier alpha value is -1.50. The van der Waals surface area contributed by atoms with Crippen molar-refractivity contribution in [3.63, 3.8) is 0 Å². The normalized spacial score (nSPS) is 16.5. The summed E-state index contributed by atoms with van der Waals surface area (Å²) in [5.74, 6) is 0. The van der Waals surface area contributed by atoms with Gasteiger partial charge in [-0.3, -0.25) is 4.98 Å². The third kappa shape index (κ3) is 4.12. The highest BCUT2D eigenvalue weighted by molar-refractivity contribution is 7.89. The van der Waals surface area contributed by atoms with Gasteiger partial charge < -0.3 is 4.90 Å². The number of sulfonamides is 1. The van der Waals surface area contributed by atoms with Gasteiger partial charge in [-0.1, -0.05) is 18.6 Å². The summed E-state index contributed by atoms with van der Waals surface area (Å²) in [7, 11) is -3.53. The van der Waals surface area contributed by atoms with Crippen LogP contribution in [0.4, 0.5) is 0 Å². The van der Waals surface area contributed by atoms with E-state index in [0.29, 0.717) is 12.1 Å². The topological polar surface area (TPSA) is 62.3 Å². The van der Waals surface area contributed by atoms with Gasteiger partial charge in [0.25, 0.3) is 0 Å². The number of pyridine rings is 1. The van der Waals surface area contributed by atoms with Crippen molar-refractivity contribution in [2.24, 2.45) is 0 Å². The molecule has 1 saturated heterocycles. The second-order valence-corrected chi connectivity index (χ2v) is 8.23. The van der Waals surface area contributed by atoms with Crippen molar-refractivity contribution >= 4 is 20.9 Å². The number of hydrogen-bond acceptors (Lipinski definition) is 4. The Labute approximate surface area is 144 Å². The molecule has 24 heavy (non-hydrogen) atoms. The fourth-order valence-corrected chi connectivity index (χ4v) is 4.48. The molecular weight excluding hydrogens is 322 g/mol. The maximum absolute atomic E-state index is 12.6. The molecule has 0 aliphatic carbocycles. The maximum atomic E-state index is 12.6. The van der Waals surface area contributed by atoms with Gasteiger partial charge in [0.15, 0.2) is 0 Å². The summed E-state index contributed by atoms with van der Waals surface area (Å²) in [6.07, 6.45) is 6.37. The van der Waals surface area contributed by atoms with Gasteiger partial charge in [-0.05, 0) is 63.5 Å². The van der Waals surface area contributed by atoms with E-state index in [1.165, 1.54) is 19.3 Å². The van der Waals surface area contributed by atoms with Crippen LogP contribution in [0.25, 0.3) is 10.9 Å². The molecule has 1 aromatic heterocycles. The van der Waals surface area contributed by atoms with E-state index in [1.54, 1.807) is 18.3 Å². The van der Waals surface area contributed by atoms with E-state index in [1.807, 2.05) is 19.1 Å². The Kier molecular flexibility index (Phi) is 5.48. The van der Waals surface area contributed by atoms with Crippen LogP contribution in [0.15, 0.2) is 35.4 Å². The molecule has 3 rings (SSSR count). The fourth-order valence-electron chi connectivity index (χ4n) is 3.23. The lowest BCUT2D eigenvalue weighted by Gasteiger charge is -2.26. The van der Waals surface area contributed by atoms with Crippen molar-refractivity contribution in [1.29, 1.82) is 0 Å². The summed E-state index contributed by atoms with van der Waals surface area (Å²) < 4.78 is 28.0. The average molecular weight is 347 g/mol. The van der Waals surface area contributed by atoms with Crippen LogP contribution in [0.2, 0.25) is 0 Å². The highest BCUT2D eigenvalue weighted by Crippen LogP contribution is 2.21. The number of aromatic nitrogens is 1.